The summed E-state index contributed by atoms with van der Waals surface area (Å²) in [6.45, 7) is 6.27. The van der Waals surface area contributed by atoms with Crippen LogP contribution in [-0.4, -0.2) is 37.4 Å². The third-order valence-corrected chi connectivity index (χ3v) is 4.61. The molecule has 32 heavy (non-hydrogen) atoms. The molecule has 2 aromatic rings. The van der Waals surface area contributed by atoms with Gasteiger partial charge in [-0.3, -0.25) is 0 Å². The molecule has 0 atom stereocenters. The van der Waals surface area contributed by atoms with Crippen LogP contribution in [0.4, 0.5) is 23.2 Å². The van der Waals surface area contributed by atoms with E-state index in [2.05, 4.69) is 4.99 Å². The Hall–Kier alpha value is -3.10. The number of alkyl halides is 3. The molecule has 0 amide bonds. The molecule has 0 aromatic heterocycles. The average Bonchev–Trinajstić information content (AvgIpc) is 2.75. The maximum Gasteiger partial charge on any atom is 0.416 e. The molecule has 0 heterocycles. The second-order valence-corrected chi connectivity index (χ2v) is 7.18. The van der Waals surface area contributed by atoms with Gasteiger partial charge in [0.15, 0.2) is 0 Å². The first-order valence-corrected chi connectivity index (χ1v) is 10.1. The summed E-state index contributed by atoms with van der Waals surface area (Å²) < 4.78 is 63.0. The Morgan fingerprint density at radius 3 is 2.50 bits per heavy atom. The molecule has 0 spiro atoms. The lowest BCUT2D eigenvalue weighted by molar-refractivity contribution is -0.137. The zero-order valence-electron chi connectivity index (χ0n) is 18.4. The number of carbonyl (C=O) groups is 1. The highest BCUT2D eigenvalue weighted by Crippen LogP contribution is 2.32. The van der Waals surface area contributed by atoms with Crippen molar-refractivity contribution in [2.24, 2.45) is 4.99 Å². The van der Waals surface area contributed by atoms with Crippen LogP contribution >= 0.6 is 0 Å². The van der Waals surface area contributed by atoms with Crippen LogP contribution < -0.4 is 4.74 Å². The molecule has 2 aromatic carbocycles. The third kappa shape index (κ3) is 6.70. The number of carbonyl (C=O) groups excluding carboxylic acids is 1. The maximum atomic E-state index is 14.0. The highest BCUT2D eigenvalue weighted by molar-refractivity contribution is 5.93. The monoisotopic (exact) mass is 454 g/mol. The summed E-state index contributed by atoms with van der Waals surface area (Å²) in [5.41, 5.74) is 0.166. The van der Waals surface area contributed by atoms with E-state index in [0.717, 1.165) is 18.7 Å². The predicted octanol–water partition coefficient (Wildman–Crippen LogP) is 5.91. The minimum absolute atomic E-state index is 0.131. The van der Waals surface area contributed by atoms with E-state index in [0.29, 0.717) is 30.3 Å². The van der Waals surface area contributed by atoms with Crippen LogP contribution in [0, 0.1) is 12.7 Å². The normalized spacial score (nSPS) is 11.6. The molecule has 2 rings (SSSR count). The lowest BCUT2D eigenvalue weighted by Crippen LogP contribution is -2.14. The zero-order valence-corrected chi connectivity index (χ0v) is 18.4. The van der Waals surface area contributed by atoms with Crippen molar-refractivity contribution in [3.63, 3.8) is 0 Å². The van der Waals surface area contributed by atoms with Crippen LogP contribution in [0.2, 0.25) is 0 Å². The minimum Gasteiger partial charge on any atom is -0.493 e. The molecular weight excluding hydrogens is 428 g/mol. The van der Waals surface area contributed by atoms with E-state index in [1.807, 2.05) is 25.8 Å². The highest BCUT2D eigenvalue weighted by atomic mass is 19.4. The number of nitrogens with zero attached hydrogens (tertiary/aromatic N) is 2. The van der Waals surface area contributed by atoms with Crippen molar-refractivity contribution in [1.29, 1.82) is 0 Å². The molecular formula is C23H26F4N2O3. The quantitative estimate of drug-likeness (QED) is 0.205. The van der Waals surface area contributed by atoms with Gasteiger partial charge in [-0.2, -0.15) is 13.2 Å². The molecule has 0 saturated carbocycles. The fourth-order valence-corrected chi connectivity index (χ4v) is 2.61. The fraction of sp³-hybridized carbons (Fsp3) is 0.391. The first-order valence-electron chi connectivity index (χ1n) is 10.1. The molecule has 0 saturated heterocycles. The number of esters is 1. The largest absolute Gasteiger partial charge is 0.493 e. The summed E-state index contributed by atoms with van der Waals surface area (Å²) in [6.07, 6.45) is -2.29. The number of halogens is 4. The van der Waals surface area contributed by atoms with Gasteiger partial charge in [0, 0.05) is 25.2 Å². The van der Waals surface area contributed by atoms with Crippen molar-refractivity contribution in [2.45, 2.75) is 40.0 Å². The lowest BCUT2D eigenvalue weighted by Gasteiger charge is -2.15. The summed E-state index contributed by atoms with van der Waals surface area (Å²) in [4.78, 5) is 19.0. The second-order valence-electron chi connectivity index (χ2n) is 7.18. The van der Waals surface area contributed by atoms with Crippen LogP contribution in [0.1, 0.15) is 47.3 Å². The van der Waals surface area contributed by atoms with Gasteiger partial charge < -0.3 is 14.4 Å². The van der Waals surface area contributed by atoms with Gasteiger partial charge in [0.1, 0.15) is 23.7 Å². The molecule has 0 aliphatic heterocycles. The van der Waals surface area contributed by atoms with Gasteiger partial charge in [-0.05, 0) is 44.0 Å². The number of aryl methyl sites for hydroxylation is 1. The second kappa shape index (κ2) is 11.0. The first-order chi connectivity index (χ1) is 15.1. The van der Waals surface area contributed by atoms with E-state index >= 15 is 0 Å². The Kier molecular flexibility index (Phi) is 8.63. The van der Waals surface area contributed by atoms with Gasteiger partial charge >= 0.3 is 12.1 Å². The Labute approximate surface area is 184 Å². The Balaban J connectivity index is 2.24. The van der Waals surface area contributed by atoms with E-state index in [-0.39, 0.29) is 16.9 Å². The van der Waals surface area contributed by atoms with E-state index in [1.165, 1.54) is 0 Å². The molecule has 5 nitrogen and oxygen atoms in total. The van der Waals surface area contributed by atoms with E-state index < -0.39 is 30.1 Å². The van der Waals surface area contributed by atoms with Gasteiger partial charge in [-0.25, -0.2) is 14.2 Å². The van der Waals surface area contributed by atoms with Crippen LogP contribution in [-0.2, 0) is 17.5 Å². The number of hydrogen-bond acceptors (Lipinski definition) is 4. The Morgan fingerprint density at radius 1 is 1.19 bits per heavy atom. The van der Waals surface area contributed by atoms with Gasteiger partial charge in [-0.15, -0.1) is 0 Å². The highest BCUT2D eigenvalue weighted by Gasteiger charge is 2.31. The van der Waals surface area contributed by atoms with Crippen LogP contribution in [0.25, 0.3) is 0 Å². The smallest absolute Gasteiger partial charge is 0.416 e. The number of rotatable bonds is 9. The van der Waals surface area contributed by atoms with Crippen molar-refractivity contribution in [3.8, 4) is 5.75 Å². The van der Waals surface area contributed by atoms with Gasteiger partial charge in [0.25, 0.3) is 0 Å². The van der Waals surface area contributed by atoms with Crippen LogP contribution in [0.5, 0.6) is 5.75 Å². The molecule has 9 heteroatoms. The maximum absolute atomic E-state index is 14.0. The topological polar surface area (TPSA) is 51.1 Å². The van der Waals surface area contributed by atoms with Crippen molar-refractivity contribution in [2.75, 3.05) is 20.2 Å². The summed E-state index contributed by atoms with van der Waals surface area (Å²) in [7, 11) is 1.87. The van der Waals surface area contributed by atoms with E-state index in [4.69, 9.17) is 9.47 Å². The number of aliphatic imine (C=N–C) groups is 1. The molecule has 0 N–H and O–H groups in total. The number of hydrogen-bond donors (Lipinski definition) is 0. The summed E-state index contributed by atoms with van der Waals surface area (Å²) >= 11 is 0. The van der Waals surface area contributed by atoms with Gasteiger partial charge in [-0.1, -0.05) is 13.0 Å². The molecule has 174 valence electrons. The number of ether oxygens (including phenoxy) is 2. The molecule has 0 radical (unpaired) electrons. The third-order valence-electron chi connectivity index (χ3n) is 4.61. The summed E-state index contributed by atoms with van der Waals surface area (Å²) in [5.74, 6) is -1.61. The van der Waals surface area contributed by atoms with Crippen molar-refractivity contribution >= 4 is 18.0 Å². The van der Waals surface area contributed by atoms with Crippen LogP contribution in [0.15, 0.2) is 35.3 Å². The van der Waals surface area contributed by atoms with Gasteiger partial charge in [0.2, 0.25) is 0 Å². The predicted molar refractivity (Wildman–Crippen MR) is 114 cm³/mol. The zero-order chi connectivity index (χ0) is 23.9. The SMILES string of the molecule is CCCOc1cc(/N=C/N(C)CC)c(C)cc1C(=O)OCc1ccc(C(F)(F)F)cc1F. The van der Waals surface area contributed by atoms with E-state index in [9.17, 15) is 22.4 Å². The van der Waals surface area contributed by atoms with Crippen LogP contribution in [0.3, 0.4) is 0 Å². The molecule has 0 aliphatic carbocycles. The van der Waals surface area contributed by atoms with Gasteiger partial charge in [0.05, 0.1) is 24.2 Å². The van der Waals surface area contributed by atoms with E-state index in [1.54, 1.807) is 25.4 Å². The molecule has 0 fully saturated rings. The average molecular weight is 454 g/mol. The lowest BCUT2D eigenvalue weighted by atomic mass is 10.1. The number of benzene rings is 2. The molecule has 0 unspecified atom stereocenters. The Morgan fingerprint density at radius 2 is 1.91 bits per heavy atom. The minimum atomic E-state index is -4.66. The summed E-state index contributed by atoms with van der Waals surface area (Å²) in [5, 5.41) is 0. The Bertz CT molecular complexity index is 974. The standard InChI is InChI=1S/C23H26F4N2O3/c1-5-9-31-21-12-20(28-14-29(4)6-2)15(3)10-18(21)22(30)32-13-16-7-8-17(11-19(16)24)23(25,26)27/h7-8,10-12,14H,5-6,9,13H2,1-4H3/b28-14+. The fourth-order valence-electron chi connectivity index (χ4n) is 2.61. The van der Waals surface area contributed by atoms with Crippen molar-refractivity contribution < 1.29 is 31.8 Å². The van der Waals surface area contributed by atoms with Crippen molar-refractivity contribution in [1.82, 2.24) is 4.90 Å². The first kappa shape index (κ1) is 25.2. The van der Waals surface area contributed by atoms with Crippen molar-refractivity contribution in [3.05, 3.63) is 58.4 Å². The summed E-state index contributed by atoms with van der Waals surface area (Å²) in [6, 6.07) is 5.26. The molecule has 0 bridgehead atoms. The molecule has 0 aliphatic rings.